The van der Waals surface area contributed by atoms with Crippen LogP contribution in [0.15, 0.2) is 54.7 Å². The van der Waals surface area contributed by atoms with Crippen LogP contribution < -0.4 is 0 Å². The molecule has 0 fully saturated rings. The molecule has 0 bridgehead atoms. The van der Waals surface area contributed by atoms with Crippen molar-refractivity contribution in [2.24, 2.45) is 0 Å². The summed E-state index contributed by atoms with van der Waals surface area (Å²) in [4.78, 5) is 5.37. The third kappa shape index (κ3) is 1.89. The van der Waals surface area contributed by atoms with Gasteiger partial charge in [-0.2, -0.15) is 0 Å². The van der Waals surface area contributed by atoms with Crippen molar-refractivity contribution in [1.29, 1.82) is 0 Å². The zero-order valence-electron chi connectivity index (χ0n) is 12.0. The molecule has 1 aliphatic rings. The summed E-state index contributed by atoms with van der Waals surface area (Å²) in [5.74, 6) is 0. The summed E-state index contributed by atoms with van der Waals surface area (Å²) in [6.07, 6.45) is 1.93. The zero-order valence-corrected chi connectivity index (χ0v) is 12.0. The van der Waals surface area contributed by atoms with E-state index in [1.54, 1.807) is 0 Å². The van der Waals surface area contributed by atoms with Gasteiger partial charge < -0.3 is 10.1 Å². The van der Waals surface area contributed by atoms with Crippen LogP contribution in [0.3, 0.4) is 0 Å². The largest absolute Gasteiger partial charge is 0.379 e. The molecule has 0 spiro atoms. The third-order valence-electron chi connectivity index (χ3n) is 4.43. The van der Waals surface area contributed by atoms with Gasteiger partial charge in [0.05, 0.1) is 0 Å². The van der Waals surface area contributed by atoms with E-state index in [1.165, 1.54) is 5.56 Å². The Hall–Kier alpha value is -2.10. The third-order valence-corrected chi connectivity index (χ3v) is 4.43. The first kappa shape index (κ1) is 12.6. The smallest absolute Gasteiger partial charge is 0.128 e. The number of benzene rings is 2. The molecule has 2 aromatic carbocycles. The molecule has 2 heterocycles. The number of fused-ring (bicyclic) bond motifs is 2. The fourth-order valence-corrected chi connectivity index (χ4v) is 3.44. The summed E-state index contributed by atoms with van der Waals surface area (Å²) in [6.45, 7) is 1.49. The molecular weight excluding hydrogens is 260 g/mol. The Bertz CT molecular complexity index is 808. The zero-order chi connectivity index (χ0) is 14.4. The molecule has 3 aromatic rings. The highest BCUT2D eigenvalue weighted by Crippen LogP contribution is 2.37. The monoisotopic (exact) mass is 278 g/mol. The molecule has 0 saturated carbocycles. The Morgan fingerprint density at radius 2 is 2.00 bits per heavy atom. The molecule has 0 saturated heterocycles. The highest BCUT2D eigenvalue weighted by atomic mass is 16.3. The van der Waals surface area contributed by atoms with E-state index in [4.69, 9.17) is 0 Å². The van der Waals surface area contributed by atoms with Crippen molar-refractivity contribution in [1.82, 2.24) is 9.88 Å². The quantitative estimate of drug-likeness (QED) is 0.718. The lowest BCUT2D eigenvalue weighted by Gasteiger charge is -2.39. The summed E-state index contributed by atoms with van der Waals surface area (Å²) in [5.41, 5.74) is 3.32. The van der Waals surface area contributed by atoms with Gasteiger partial charge in [0, 0.05) is 24.8 Å². The minimum absolute atomic E-state index is 0.611. The van der Waals surface area contributed by atoms with Crippen LogP contribution in [-0.2, 0) is 12.1 Å². The second kappa shape index (κ2) is 4.45. The van der Waals surface area contributed by atoms with Gasteiger partial charge in [0.1, 0.15) is 5.60 Å². The summed E-state index contributed by atoms with van der Waals surface area (Å²) < 4.78 is 0. The van der Waals surface area contributed by atoms with E-state index in [0.29, 0.717) is 6.54 Å². The molecular formula is C18H18N2O. The topological polar surface area (TPSA) is 39.3 Å². The summed E-state index contributed by atoms with van der Waals surface area (Å²) in [6, 6.07) is 16.4. The molecule has 0 radical (unpaired) electrons. The number of nitrogens with one attached hydrogen (secondary N) is 1. The molecule has 21 heavy (non-hydrogen) atoms. The molecule has 106 valence electrons. The second-order valence-electron chi connectivity index (χ2n) is 5.97. The minimum Gasteiger partial charge on any atom is -0.379 e. The lowest BCUT2D eigenvalue weighted by atomic mass is 9.80. The normalized spacial score (nSPS) is 22.4. The molecule has 1 atom stereocenters. The summed E-state index contributed by atoms with van der Waals surface area (Å²) in [7, 11) is 2.05. The van der Waals surface area contributed by atoms with Gasteiger partial charge in [-0.05, 0) is 47.3 Å². The SMILES string of the molecule is CN1Cc2ccccc2C(O)(c2ccc3[nH]ccc3c2)C1. The van der Waals surface area contributed by atoms with Gasteiger partial charge in [-0.25, -0.2) is 0 Å². The number of aromatic nitrogens is 1. The minimum atomic E-state index is -0.949. The van der Waals surface area contributed by atoms with Crippen molar-refractivity contribution in [2.45, 2.75) is 12.1 Å². The van der Waals surface area contributed by atoms with Crippen LogP contribution in [0.2, 0.25) is 0 Å². The fraction of sp³-hybridized carbons (Fsp3) is 0.222. The molecule has 1 aromatic heterocycles. The Morgan fingerprint density at radius 3 is 2.90 bits per heavy atom. The van der Waals surface area contributed by atoms with Crippen LogP contribution in [0, 0.1) is 0 Å². The van der Waals surface area contributed by atoms with E-state index in [9.17, 15) is 5.11 Å². The lowest BCUT2D eigenvalue weighted by Crippen LogP contribution is -2.44. The standard InChI is InChI=1S/C18H18N2O/c1-20-11-14-4-2-3-5-16(14)18(21,12-20)15-6-7-17-13(10-15)8-9-19-17/h2-10,19,21H,11-12H2,1H3. The fourth-order valence-electron chi connectivity index (χ4n) is 3.44. The van der Waals surface area contributed by atoms with E-state index in [-0.39, 0.29) is 0 Å². The molecule has 0 aliphatic carbocycles. The Labute approximate surface area is 123 Å². The van der Waals surface area contributed by atoms with Gasteiger partial charge >= 0.3 is 0 Å². The predicted octanol–water partition coefficient (Wildman–Crippen LogP) is 2.85. The van der Waals surface area contributed by atoms with E-state index < -0.39 is 5.60 Å². The molecule has 1 aliphatic heterocycles. The van der Waals surface area contributed by atoms with Crippen LogP contribution in [0.25, 0.3) is 10.9 Å². The van der Waals surface area contributed by atoms with Crippen LogP contribution in [-0.4, -0.2) is 28.6 Å². The maximum Gasteiger partial charge on any atom is 0.128 e. The van der Waals surface area contributed by atoms with Crippen molar-refractivity contribution in [2.75, 3.05) is 13.6 Å². The van der Waals surface area contributed by atoms with E-state index in [2.05, 4.69) is 29.1 Å². The second-order valence-corrected chi connectivity index (χ2v) is 5.97. The van der Waals surface area contributed by atoms with Crippen molar-refractivity contribution in [3.63, 3.8) is 0 Å². The van der Waals surface area contributed by atoms with E-state index in [1.807, 2.05) is 42.6 Å². The Kier molecular flexibility index (Phi) is 2.67. The maximum atomic E-state index is 11.4. The van der Waals surface area contributed by atoms with Crippen LogP contribution in [0.4, 0.5) is 0 Å². The Morgan fingerprint density at radius 1 is 1.14 bits per heavy atom. The number of hydrogen-bond acceptors (Lipinski definition) is 2. The highest BCUT2D eigenvalue weighted by Gasteiger charge is 2.38. The van der Waals surface area contributed by atoms with Gasteiger partial charge in [-0.1, -0.05) is 30.3 Å². The van der Waals surface area contributed by atoms with Crippen molar-refractivity contribution in [3.05, 3.63) is 71.4 Å². The number of hydrogen-bond donors (Lipinski definition) is 2. The highest BCUT2D eigenvalue weighted by molar-refractivity contribution is 5.80. The van der Waals surface area contributed by atoms with Crippen molar-refractivity contribution < 1.29 is 5.11 Å². The number of β-amino-alcohol motifs (C(OH)–C–C–N with tert-alkyl or cyclic N) is 1. The Balaban J connectivity index is 1.92. The molecule has 2 N–H and O–H groups in total. The number of aliphatic hydroxyl groups is 1. The number of nitrogens with zero attached hydrogens (tertiary/aromatic N) is 1. The average Bonchev–Trinajstić information content (AvgIpc) is 2.94. The first-order valence-electron chi connectivity index (χ1n) is 7.24. The van der Waals surface area contributed by atoms with Crippen LogP contribution in [0.1, 0.15) is 16.7 Å². The number of likely N-dealkylation sites (N-methyl/N-ethyl adjacent to an activating group) is 1. The number of aromatic amines is 1. The van der Waals surface area contributed by atoms with Gasteiger partial charge in [-0.15, -0.1) is 0 Å². The van der Waals surface area contributed by atoms with E-state index in [0.717, 1.165) is 28.6 Å². The van der Waals surface area contributed by atoms with Gasteiger partial charge in [-0.3, -0.25) is 4.90 Å². The van der Waals surface area contributed by atoms with Gasteiger partial charge in [0.2, 0.25) is 0 Å². The summed E-state index contributed by atoms with van der Waals surface area (Å²) in [5, 5.41) is 12.5. The summed E-state index contributed by atoms with van der Waals surface area (Å²) >= 11 is 0. The first-order valence-corrected chi connectivity index (χ1v) is 7.24. The van der Waals surface area contributed by atoms with Crippen LogP contribution >= 0.6 is 0 Å². The predicted molar refractivity (Wildman–Crippen MR) is 84.1 cm³/mol. The molecule has 3 heteroatoms. The lowest BCUT2D eigenvalue weighted by molar-refractivity contribution is 0.0284. The molecule has 4 rings (SSSR count). The number of H-pyrrole nitrogens is 1. The molecule has 3 nitrogen and oxygen atoms in total. The van der Waals surface area contributed by atoms with Gasteiger partial charge in [0.15, 0.2) is 0 Å². The number of rotatable bonds is 1. The van der Waals surface area contributed by atoms with Crippen LogP contribution in [0.5, 0.6) is 0 Å². The maximum absolute atomic E-state index is 11.4. The van der Waals surface area contributed by atoms with Crippen molar-refractivity contribution in [3.8, 4) is 0 Å². The average molecular weight is 278 g/mol. The van der Waals surface area contributed by atoms with Crippen molar-refractivity contribution >= 4 is 10.9 Å². The van der Waals surface area contributed by atoms with E-state index >= 15 is 0 Å². The molecule has 1 unspecified atom stereocenters. The first-order chi connectivity index (χ1) is 10.2. The van der Waals surface area contributed by atoms with Gasteiger partial charge in [0.25, 0.3) is 0 Å². The molecule has 0 amide bonds.